The third kappa shape index (κ3) is 3.18. The average molecular weight is 249 g/mol. The number of sulfonamides is 1. The molecule has 1 aliphatic carbocycles. The van der Waals surface area contributed by atoms with E-state index < -0.39 is 22.0 Å². The van der Waals surface area contributed by atoms with Crippen LogP contribution in [0.3, 0.4) is 0 Å². The molecule has 1 saturated carbocycles. The van der Waals surface area contributed by atoms with Crippen molar-refractivity contribution in [3.8, 4) is 0 Å². The maximum atomic E-state index is 11.9. The van der Waals surface area contributed by atoms with Crippen molar-refractivity contribution in [3.63, 3.8) is 0 Å². The van der Waals surface area contributed by atoms with E-state index in [1.165, 1.54) is 14.0 Å². The highest BCUT2D eigenvalue weighted by molar-refractivity contribution is 7.89. The molecule has 0 bridgehead atoms. The van der Waals surface area contributed by atoms with Gasteiger partial charge in [-0.05, 0) is 25.7 Å². The van der Waals surface area contributed by atoms with Gasteiger partial charge in [0, 0.05) is 7.05 Å². The predicted molar refractivity (Wildman–Crippen MR) is 60.6 cm³/mol. The van der Waals surface area contributed by atoms with Crippen LogP contribution in [-0.4, -0.2) is 42.6 Å². The number of carboxylic acid groups (broad SMARTS) is 1. The van der Waals surface area contributed by atoms with Crippen LogP contribution in [0.25, 0.3) is 0 Å². The fourth-order valence-electron chi connectivity index (χ4n) is 1.99. The lowest BCUT2D eigenvalue weighted by Gasteiger charge is -2.22. The Bertz CT molecular complexity index is 346. The van der Waals surface area contributed by atoms with Crippen LogP contribution in [0.5, 0.6) is 0 Å². The van der Waals surface area contributed by atoms with Gasteiger partial charge < -0.3 is 5.11 Å². The van der Waals surface area contributed by atoms with Gasteiger partial charge >= 0.3 is 5.97 Å². The van der Waals surface area contributed by atoms with Crippen molar-refractivity contribution in [1.82, 2.24) is 4.31 Å². The maximum absolute atomic E-state index is 11.9. The third-order valence-corrected chi connectivity index (χ3v) is 5.35. The first-order valence-corrected chi connectivity index (χ1v) is 7.14. The summed E-state index contributed by atoms with van der Waals surface area (Å²) in [6, 6.07) is -0.994. The molecular formula is C10H19NO4S. The molecule has 0 spiro atoms. The molecule has 0 heterocycles. The highest BCUT2D eigenvalue weighted by atomic mass is 32.2. The van der Waals surface area contributed by atoms with E-state index in [0.717, 1.165) is 30.0 Å². The summed E-state index contributed by atoms with van der Waals surface area (Å²) in [6.45, 7) is 1.38. The summed E-state index contributed by atoms with van der Waals surface area (Å²) in [5.74, 6) is -0.827. The first-order valence-electron chi connectivity index (χ1n) is 5.53. The second-order valence-corrected chi connectivity index (χ2v) is 6.53. The highest BCUT2D eigenvalue weighted by Crippen LogP contribution is 2.26. The smallest absolute Gasteiger partial charge is 0.321 e. The van der Waals surface area contributed by atoms with Crippen LogP contribution in [0.15, 0.2) is 0 Å². The van der Waals surface area contributed by atoms with Gasteiger partial charge in [-0.2, -0.15) is 4.31 Å². The number of nitrogens with zero attached hydrogens (tertiary/aromatic N) is 1. The van der Waals surface area contributed by atoms with Gasteiger partial charge in [-0.25, -0.2) is 8.42 Å². The molecule has 1 rings (SSSR count). The molecule has 0 aromatic heterocycles. The Morgan fingerprint density at radius 1 is 1.44 bits per heavy atom. The van der Waals surface area contributed by atoms with Gasteiger partial charge in [-0.1, -0.05) is 12.8 Å². The summed E-state index contributed by atoms with van der Waals surface area (Å²) in [7, 11) is -2.10. The van der Waals surface area contributed by atoms with Crippen LogP contribution in [-0.2, 0) is 14.8 Å². The first-order chi connectivity index (χ1) is 7.34. The van der Waals surface area contributed by atoms with E-state index in [2.05, 4.69) is 0 Å². The molecule has 0 amide bonds. The lowest BCUT2D eigenvalue weighted by atomic mass is 10.1. The first kappa shape index (κ1) is 13.4. The molecular weight excluding hydrogens is 230 g/mol. The number of likely N-dealkylation sites (N-methyl/N-ethyl adjacent to an activating group) is 1. The van der Waals surface area contributed by atoms with E-state index in [0.29, 0.717) is 0 Å². The summed E-state index contributed by atoms with van der Waals surface area (Å²) < 4.78 is 24.8. The minimum Gasteiger partial charge on any atom is -0.480 e. The van der Waals surface area contributed by atoms with Crippen LogP contribution in [0.1, 0.15) is 32.6 Å². The van der Waals surface area contributed by atoms with Gasteiger partial charge in [0.25, 0.3) is 0 Å². The van der Waals surface area contributed by atoms with Crippen molar-refractivity contribution >= 4 is 16.0 Å². The van der Waals surface area contributed by atoms with Gasteiger partial charge in [0.2, 0.25) is 10.0 Å². The van der Waals surface area contributed by atoms with E-state index in [1.54, 1.807) is 0 Å². The molecule has 0 radical (unpaired) electrons. The monoisotopic (exact) mass is 249 g/mol. The van der Waals surface area contributed by atoms with Crippen molar-refractivity contribution in [3.05, 3.63) is 0 Å². The molecule has 1 N–H and O–H groups in total. The third-order valence-electron chi connectivity index (χ3n) is 3.26. The number of carbonyl (C=O) groups is 1. The molecule has 0 aromatic carbocycles. The Morgan fingerprint density at radius 3 is 2.38 bits per heavy atom. The lowest BCUT2D eigenvalue weighted by Crippen LogP contribution is -2.42. The molecule has 0 saturated heterocycles. The lowest BCUT2D eigenvalue weighted by molar-refractivity contribution is -0.140. The number of hydrogen-bond donors (Lipinski definition) is 1. The summed E-state index contributed by atoms with van der Waals surface area (Å²) in [5.41, 5.74) is 0. The summed E-state index contributed by atoms with van der Waals surface area (Å²) in [6.07, 6.45) is 4.04. The molecule has 6 heteroatoms. The summed E-state index contributed by atoms with van der Waals surface area (Å²) >= 11 is 0. The molecule has 1 fully saturated rings. The molecule has 1 aliphatic rings. The highest BCUT2D eigenvalue weighted by Gasteiger charge is 2.31. The van der Waals surface area contributed by atoms with E-state index in [-0.39, 0.29) is 11.7 Å². The minimum atomic E-state index is -3.44. The number of rotatable bonds is 5. The Balaban J connectivity index is 2.65. The van der Waals surface area contributed by atoms with E-state index in [9.17, 15) is 13.2 Å². The maximum Gasteiger partial charge on any atom is 0.321 e. The average Bonchev–Trinajstić information content (AvgIpc) is 2.67. The van der Waals surface area contributed by atoms with Gasteiger partial charge in [-0.15, -0.1) is 0 Å². The van der Waals surface area contributed by atoms with Crippen molar-refractivity contribution in [2.24, 2.45) is 5.92 Å². The molecule has 5 nitrogen and oxygen atoms in total. The molecule has 1 atom stereocenters. The topological polar surface area (TPSA) is 74.7 Å². The van der Waals surface area contributed by atoms with Crippen LogP contribution < -0.4 is 0 Å². The van der Waals surface area contributed by atoms with Crippen LogP contribution in [0.2, 0.25) is 0 Å². The molecule has 94 valence electrons. The van der Waals surface area contributed by atoms with Gasteiger partial charge in [0.15, 0.2) is 0 Å². The fraction of sp³-hybridized carbons (Fsp3) is 0.900. The minimum absolute atomic E-state index is 0.0844. The van der Waals surface area contributed by atoms with Crippen LogP contribution >= 0.6 is 0 Å². The molecule has 1 unspecified atom stereocenters. The number of carboxylic acids is 1. The zero-order valence-electron chi connectivity index (χ0n) is 9.72. The molecule has 16 heavy (non-hydrogen) atoms. The van der Waals surface area contributed by atoms with E-state index in [1.807, 2.05) is 0 Å². The normalized spacial score (nSPS) is 20.2. The largest absolute Gasteiger partial charge is 0.480 e. The molecule has 0 aliphatic heterocycles. The molecule has 0 aromatic rings. The Kier molecular flexibility index (Phi) is 4.32. The van der Waals surface area contributed by atoms with Gasteiger partial charge in [0.05, 0.1) is 5.75 Å². The Morgan fingerprint density at radius 2 is 1.94 bits per heavy atom. The van der Waals surface area contributed by atoms with E-state index >= 15 is 0 Å². The van der Waals surface area contributed by atoms with Gasteiger partial charge in [0.1, 0.15) is 6.04 Å². The van der Waals surface area contributed by atoms with Crippen molar-refractivity contribution < 1.29 is 18.3 Å². The quantitative estimate of drug-likeness (QED) is 0.786. The van der Waals surface area contributed by atoms with Crippen LogP contribution in [0.4, 0.5) is 0 Å². The second-order valence-electron chi connectivity index (χ2n) is 4.46. The second kappa shape index (κ2) is 5.14. The predicted octanol–water partition coefficient (Wildman–Crippen LogP) is 0.911. The Hall–Kier alpha value is -0.620. The van der Waals surface area contributed by atoms with Crippen LogP contribution in [0, 0.1) is 5.92 Å². The van der Waals surface area contributed by atoms with Crippen molar-refractivity contribution in [2.45, 2.75) is 38.6 Å². The number of aliphatic carboxylic acids is 1. The Labute approximate surface area is 96.5 Å². The fourth-order valence-corrected chi connectivity index (χ4v) is 3.73. The number of hydrogen-bond acceptors (Lipinski definition) is 3. The standard InChI is InChI=1S/C10H19NO4S/c1-8(10(12)13)11(2)16(14,15)7-9-5-3-4-6-9/h8-9H,3-7H2,1-2H3,(H,12,13). The van der Waals surface area contributed by atoms with Gasteiger partial charge in [-0.3, -0.25) is 4.79 Å². The zero-order chi connectivity index (χ0) is 12.3. The summed E-state index contributed by atoms with van der Waals surface area (Å²) in [5, 5.41) is 8.77. The van der Waals surface area contributed by atoms with Crippen molar-refractivity contribution in [2.75, 3.05) is 12.8 Å². The zero-order valence-corrected chi connectivity index (χ0v) is 10.5. The van der Waals surface area contributed by atoms with Crippen molar-refractivity contribution in [1.29, 1.82) is 0 Å². The SMILES string of the molecule is CC(C(=O)O)N(C)S(=O)(=O)CC1CCCC1. The summed E-state index contributed by atoms with van der Waals surface area (Å²) in [4.78, 5) is 10.7. The van der Waals surface area contributed by atoms with E-state index in [4.69, 9.17) is 5.11 Å².